The Kier molecular flexibility index (Phi) is 4.38. The monoisotopic (exact) mass is 306 g/mol. The molecule has 0 saturated carbocycles. The van der Waals surface area contributed by atoms with Crippen LogP contribution >= 0.6 is 0 Å². The van der Waals surface area contributed by atoms with Crippen LogP contribution < -0.4 is 10.6 Å². The molecule has 116 valence electrons. The summed E-state index contributed by atoms with van der Waals surface area (Å²) in [6.45, 7) is 2.46. The van der Waals surface area contributed by atoms with Gasteiger partial charge in [-0.1, -0.05) is 42.5 Å². The number of rotatable bonds is 4. The van der Waals surface area contributed by atoms with E-state index in [1.165, 1.54) is 0 Å². The largest absolute Gasteiger partial charge is 0.334 e. The van der Waals surface area contributed by atoms with Crippen LogP contribution in [0.15, 0.2) is 60.7 Å². The molecule has 1 heterocycles. The number of amides is 2. The normalized spacial score (nSPS) is 10.3. The van der Waals surface area contributed by atoms with Gasteiger partial charge >= 0.3 is 6.03 Å². The zero-order valence-corrected chi connectivity index (χ0v) is 12.8. The fourth-order valence-electron chi connectivity index (χ4n) is 2.24. The molecule has 0 unspecified atom stereocenters. The van der Waals surface area contributed by atoms with Crippen molar-refractivity contribution in [1.29, 1.82) is 0 Å². The van der Waals surface area contributed by atoms with E-state index in [2.05, 4.69) is 20.8 Å². The predicted molar refractivity (Wildman–Crippen MR) is 91.1 cm³/mol. The van der Waals surface area contributed by atoms with Gasteiger partial charge in [0.15, 0.2) is 0 Å². The Hall–Kier alpha value is -3.08. The van der Waals surface area contributed by atoms with Gasteiger partial charge in [-0.3, -0.25) is 5.10 Å². The summed E-state index contributed by atoms with van der Waals surface area (Å²) in [6.07, 6.45) is 0. The molecule has 0 aliphatic carbocycles. The van der Waals surface area contributed by atoms with Crippen LogP contribution in [0.25, 0.3) is 11.3 Å². The minimum absolute atomic E-state index is 0.225. The highest BCUT2D eigenvalue weighted by molar-refractivity contribution is 5.89. The van der Waals surface area contributed by atoms with Crippen molar-refractivity contribution in [1.82, 2.24) is 15.5 Å². The van der Waals surface area contributed by atoms with E-state index in [1.807, 2.05) is 67.6 Å². The summed E-state index contributed by atoms with van der Waals surface area (Å²) in [4.78, 5) is 11.9. The van der Waals surface area contributed by atoms with E-state index in [4.69, 9.17) is 0 Å². The number of aryl methyl sites for hydroxylation is 1. The molecule has 0 aliphatic heterocycles. The van der Waals surface area contributed by atoms with Crippen molar-refractivity contribution in [3.8, 4) is 11.3 Å². The van der Waals surface area contributed by atoms with Gasteiger partial charge < -0.3 is 10.6 Å². The molecule has 0 fully saturated rings. The second-order valence-corrected chi connectivity index (χ2v) is 5.31. The lowest BCUT2D eigenvalue weighted by molar-refractivity contribution is 0.251. The van der Waals surface area contributed by atoms with E-state index in [1.54, 1.807) is 0 Å². The van der Waals surface area contributed by atoms with Crippen LogP contribution in [-0.4, -0.2) is 16.2 Å². The second kappa shape index (κ2) is 6.79. The average Bonchev–Trinajstić information content (AvgIpc) is 3.01. The first kappa shape index (κ1) is 14.8. The SMILES string of the molecule is Cc1cc(-c2ccc(NC(=O)NCc3ccccc3)cc2)n[nH]1. The van der Waals surface area contributed by atoms with Crippen molar-refractivity contribution in [2.24, 2.45) is 0 Å². The first-order chi connectivity index (χ1) is 11.2. The molecule has 2 aromatic carbocycles. The second-order valence-electron chi connectivity index (χ2n) is 5.31. The quantitative estimate of drug-likeness (QED) is 0.687. The van der Waals surface area contributed by atoms with Crippen LogP contribution in [0.3, 0.4) is 0 Å². The first-order valence-electron chi connectivity index (χ1n) is 7.42. The molecule has 0 radical (unpaired) electrons. The van der Waals surface area contributed by atoms with Crippen molar-refractivity contribution in [2.45, 2.75) is 13.5 Å². The molecule has 3 aromatic rings. The Bertz CT molecular complexity index is 778. The van der Waals surface area contributed by atoms with E-state index in [9.17, 15) is 4.79 Å². The Morgan fingerprint density at radius 2 is 1.83 bits per heavy atom. The summed E-state index contributed by atoms with van der Waals surface area (Å²) in [7, 11) is 0. The van der Waals surface area contributed by atoms with Crippen molar-refractivity contribution < 1.29 is 4.79 Å². The standard InChI is InChI=1S/C18H18N4O/c1-13-11-17(22-21-13)15-7-9-16(10-8-15)20-18(23)19-12-14-5-3-2-4-6-14/h2-11H,12H2,1H3,(H,21,22)(H2,19,20,23). The highest BCUT2D eigenvalue weighted by atomic mass is 16.2. The van der Waals surface area contributed by atoms with Gasteiger partial charge in [-0.2, -0.15) is 5.10 Å². The lowest BCUT2D eigenvalue weighted by atomic mass is 10.1. The molecule has 1 aromatic heterocycles. The van der Waals surface area contributed by atoms with E-state index in [0.29, 0.717) is 6.54 Å². The minimum Gasteiger partial charge on any atom is -0.334 e. The fraction of sp³-hybridized carbons (Fsp3) is 0.111. The molecular formula is C18H18N4O. The molecule has 0 bridgehead atoms. The molecule has 3 N–H and O–H groups in total. The summed E-state index contributed by atoms with van der Waals surface area (Å²) in [5, 5.41) is 12.8. The van der Waals surface area contributed by atoms with Crippen LogP contribution in [0, 0.1) is 6.92 Å². The van der Waals surface area contributed by atoms with Crippen LogP contribution in [0.2, 0.25) is 0 Å². The maximum atomic E-state index is 11.9. The zero-order valence-electron chi connectivity index (χ0n) is 12.8. The van der Waals surface area contributed by atoms with Gasteiger partial charge in [0, 0.05) is 23.5 Å². The predicted octanol–water partition coefficient (Wildman–Crippen LogP) is 3.71. The van der Waals surface area contributed by atoms with Gasteiger partial charge in [-0.05, 0) is 30.7 Å². The van der Waals surface area contributed by atoms with E-state index < -0.39 is 0 Å². The maximum absolute atomic E-state index is 11.9. The van der Waals surface area contributed by atoms with Gasteiger partial charge in [-0.25, -0.2) is 4.79 Å². The highest BCUT2D eigenvalue weighted by Crippen LogP contribution is 2.19. The number of carbonyl (C=O) groups excluding carboxylic acids is 1. The van der Waals surface area contributed by atoms with Crippen molar-refractivity contribution in [3.63, 3.8) is 0 Å². The van der Waals surface area contributed by atoms with Gasteiger partial charge in [-0.15, -0.1) is 0 Å². The molecule has 5 nitrogen and oxygen atoms in total. The number of hydrogen-bond acceptors (Lipinski definition) is 2. The Morgan fingerprint density at radius 1 is 1.09 bits per heavy atom. The number of benzene rings is 2. The first-order valence-corrected chi connectivity index (χ1v) is 7.42. The maximum Gasteiger partial charge on any atom is 0.319 e. The van der Waals surface area contributed by atoms with Gasteiger partial charge in [0.1, 0.15) is 0 Å². The molecule has 0 aliphatic rings. The van der Waals surface area contributed by atoms with Gasteiger partial charge in [0.25, 0.3) is 0 Å². The van der Waals surface area contributed by atoms with E-state index in [0.717, 1.165) is 28.2 Å². The van der Waals surface area contributed by atoms with E-state index in [-0.39, 0.29) is 6.03 Å². The number of nitrogens with zero attached hydrogens (tertiary/aromatic N) is 1. The number of aromatic nitrogens is 2. The molecule has 23 heavy (non-hydrogen) atoms. The summed E-state index contributed by atoms with van der Waals surface area (Å²) in [5.74, 6) is 0. The highest BCUT2D eigenvalue weighted by Gasteiger charge is 2.04. The minimum atomic E-state index is -0.225. The molecule has 0 saturated heterocycles. The summed E-state index contributed by atoms with van der Waals surface area (Å²) in [5.41, 5.74) is 4.72. The average molecular weight is 306 g/mol. The number of aromatic amines is 1. The number of nitrogens with one attached hydrogen (secondary N) is 3. The molecule has 0 spiro atoms. The third kappa shape index (κ3) is 3.97. The summed E-state index contributed by atoms with van der Waals surface area (Å²) < 4.78 is 0. The topological polar surface area (TPSA) is 69.8 Å². The third-order valence-electron chi connectivity index (χ3n) is 3.44. The number of urea groups is 1. The molecule has 3 rings (SSSR count). The van der Waals surface area contributed by atoms with Crippen LogP contribution in [-0.2, 0) is 6.54 Å². The van der Waals surface area contributed by atoms with Crippen LogP contribution in [0.1, 0.15) is 11.3 Å². The molecule has 0 atom stereocenters. The number of anilines is 1. The summed E-state index contributed by atoms with van der Waals surface area (Å²) >= 11 is 0. The summed E-state index contributed by atoms with van der Waals surface area (Å²) in [6, 6.07) is 19.1. The van der Waals surface area contributed by atoms with Crippen molar-refractivity contribution in [2.75, 3.05) is 5.32 Å². The lowest BCUT2D eigenvalue weighted by Gasteiger charge is -2.08. The number of H-pyrrole nitrogens is 1. The number of carbonyl (C=O) groups is 1. The van der Waals surface area contributed by atoms with Crippen molar-refractivity contribution in [3.05, 3.63) is 71.9 Å². The molecule has 2 amide bonds. The molecular weight excluding hydrogens is 288 g/mol. The van der Waals surface area contributed by atoms with Crippen LogP contribution in [0.5, 0.6) is 0 Å². The van der Waals surface area contributed by atoms with E-state index >= 15 is 0 Å². The zero-order chi connectivity index (χ0) is 16.1. The Labute approximate surface area is 134 Å². The molecule has 5 heteroatoms. The van der Waals surface area contributed by atoms with Gasteiger partial charge in [0.05, 0.1) is 5.69 Å². The Morgan fingerprint density at radius 3 is 2.48 bits per heavy atom. The van der Waals surface area contributed by atoms with Gasteiger partial charge in [0.2, 0.25) is 0 Å². The van der Waals surface area contributed by atoms with Crippen molar-refractivity contribution >= 4 is 11.7 Å². The van der Waals surface area contributed by atoms with Crippen LogP contribution in [0.4, 0.5) is 10.5 Å². The number of hydrogen-bond donors (Lipinski definition) is 3. The lowest BCUT2D eigenvalue weighted by Crippen LogP contribution is -2.28. The smallest absolute Gasteiger partial charge is 0.319 e. The fourth-order valence-corrected chi connectivity index (χ4v) is 2.24. The third-order valence-corrected chi connectivity index (χ3v) is 3.44. The Balaban J connectivity index is 1.56.